The highest BCUT2D eigenvalue weighted by Gasteiger charge is 2.62. The minimum atomic E-state index is -2.57. The molecule has 0 radical (unpaired) electrons. The third-order valence-corrected chi connectivity index (χ3v) is 3.63. The SMILES string of the molecule is COC(=O)CC(C(=O)OC)(C(=O)OC)C(C(=O)OC)C(C)C(=O)O. The third kappa shape index (κ3) is 4.00. The van der Waals surface area contributed by atoms with E-state index in [-0.39, 0.29) is 0 Å². The van der Waals surface area contributed by atoms with E-state index in [1.165, 1.54) is 0 Å². The van der Waals surface area contributed by atoms with Gasteiger partial charge < -0.3 is 24.1 Å². The lowest BCUT2D eigenvalue weighted by Crippen LogP contribution is -2.55. The molecule has 0 aromatic rings. The van der Waals surface area contributed by atoms with Crippen molar-refractivity contribution in [3.05, 3.63) is 0 Å². The van der Waals surface area contributed by atoms with Crippen molar-refractivity contribution < 1.29 is 48.0 Å². The minimum absolute atomic E-state index is 0.914. The molecule has 2 unspecified atom stereocenters. The minimum Gasteiger partial charge on any atom is -0.481 e. The third-order valence-electron chi connectivity index (χ3n) is 3.63. The Morgan fingerprint density at radius 2 is 1.33 bits per heavy atom. The monoisotopic (exact) mass is 348 g/mol. The summed E-state index contributed by atoms with van der Waals surface area (Å²) in [6, 6.07) is 0. The van der Waals surface area contributed by atoms with Crippen molar-refractivity contribution >= 4 is 29.8 Å². The van der Waals surface area contributed by atoms with Crippen molar-refractivity contribution in [2.75, 3.05) is 28.4 Å². The second-order valence-corrected chi connectivity index (χ2v) is 4.84. The molecule has 0 saturated carbocycles. The van der Waals surface area contributed by atoms with Gasteiger partial charge in [0.05, 0.1) is 46.7 Å². The number of aliphatic carboxylic acids is 1. The highest BCUT2D eigenvalue weighted by molar-refractivity contribution is 6.07. The van der Waals surface area contributed by atoms with Gasteiger partial charge in [-0.15, -0.1) is 0 Å². The molecule has 0 rings (SSSR count). The Kier molecular flexibility index (Phi) is 7.87. The van der Waals surface area contributed by atoms with E-state index < -0.39 is 53.5 Å². The molecule has 0 bridgehead atoms. The first-order chi connectivity index (χ1) is 11.1. The molecule has 0 aromatic carbocycles. The summed E-state index contributed by atoms with van der Waals surface area (Å²) in [5.74, 6) is -9.81. The van der Waals surface area contributed by atoms with Crippen LogP contribution in [0.4, 0.5) is 0 Å². The molecule has 0 saturated heterocycles. The molecule has 136 valence electrons. The molecular weight excluding hydrogens is 328 g/mol. The lowest BCUT2D eigenvalue weighted by atomic mass is 9.67. The molecule has 10 nitrogen and oxygen atoms in total. The molecule has 10 heteroatoms. The van der Waals surface area contributed by atoms with Gasteiger partial charge in [-0.25, -0.2) is 0 Å². The average Bonchev–Trinajstić information content (AvgIpc) is 2.58. The summed E-state index contributed by atoms with van der Waals surface area (Å²) < 4.78 is 18.1. The number of carboxylic acid groups (broad SMARTS) is 1. The summed E-state index contributed by atoms with van der Waals surface area (Å²) in [6.07, 6.45) is -0.958. The number of methoxy groups -OCH3 is 4. The maximum absolute atomic E-state index is 12.3. The van der Waals surface area contributed by atoms with Crippen molar-refractivity contribution in [1.29, 1.82) is 0 Å². The van der Waals surface area contributed by atoms with Crippen LogP contribution in [0.3, 0.4) is 0 Å². The van der Waals surface area contributed by atoms with E-state index in [2.05, 4.69) is 18.9 Å². The first kappa shape index (κ1) is 21.4. The van der Waals surface area contributed by atoms with Crippen LogP contribution in [0.25, 0.3) is 0 Å². The number of carboxylic acids is 1. The van der Waals surface area contributed by atoms with Crippen LogP contribution in [0.15, 0.2) is 0 Å². The van der Waals surface area contributed by atoms with Gasteiger partial charge in [0.15, 0.2) is 5.41 Å². The van der Waals surface area contributed by atoms with Crippen LogP contribution in [-0.4, -0.2) is 63.4 Å². The van der Waals surface area contributed by atoms with Crippen molar-refractivity contribution in [3.63, 3.8) is 0 Å². The van der Waals surface area contributed by atoms with E-state index in [1.54, 1.807) is 0 Å². The Morgan fingerprint density at radius 1 is 0.875 bits per heavy atom. The average molecular weight is 348 g/mol. The predicted octanol–water partition coefficient (Wildman–Crippen LogP) is -0.608. The number of hydrogen-bond acceptors (Lipinski definition) is 9. The number of carbonyl (C=O) groups is 5. The fraction of sp³-hybridized carbons (Fsp3) is 0.643. The molecule has 0 spiro atoms. The Balaban J connectivity index is 6.59. The fourth-order valence-electron chi connectivity index (χ4n) is 2.36. The van der Waals surface area contributed by atoms with Gasteiger partial charge in [0.25, 0.3) is 0 Å². The summed E-state index contributed by atoms with van der Waals surface area (Å²) in [7, 11) is 3.77. The van der Waals surface area contributed by atoms with Crippen molar-refractivity contribution in [3.8, 4) is 0 Å². The number of rotatable bonds is 8. The Hall–Kier alpha value is -2.65. The van der Waals surface area contributed by atoms with Gasteiger partial charge in [-0.1, -0.05) is 6.92 Å². The van der Waals surface area contributed by atoms with E-state index in [0.29, 0.717) is 0 Å². The molecular formula is C14H20O10. The van der Waals surface area contributed by atoms with E-state index >= 15 is 0 Å². The van der Waals surface area contributed by atoms with Crippen LogP contribution < -0.4 is 0 Å². The van der Waals surface area contributed by atoms with Crippen LogP contribution in [0.5, 0.6) is 0 Å². The molecule has 0 aromatic heterocycles. The summed E-state index contributed by atoms with van der Waals surface area (Å²) in [6.45, 7) is 1.09. The van der Waals surface area contributed by atoms with Crippen LogP contribution in [0, 0.1) is 17.3 Å². The van der Waals surface area contributed by atoms with Gasteiger partial charge >= 0.3 is 29.8 Å². The Morgan fingerprint density at radius 3 is 1.62 bits per heavy atom. The smallest absolute Gasteiger partial charge is 0.324 e. The van der Waals surface area contributed by atoms with E-state index in [0.717, 1.165) is 35.4 Å². The topological polar surface area (TPSA) is 143 Å². The van der Waals surface area contributed by atoms with Crippen LogP contribution in [0.1, 0.15) is 13.3 Å². The van der Waals surface area contributed by atoms with Crippen molar-refractivity contribution in [1.82, 2.24) is 0 Å². The van der Waals surface area contributed by atoms with Gasteiger partial charge in [-0.3, -0.25) is 24.0 Å². The summed E-state index contributed by atoms with van der Waals surface area (Å²) >= 11 is 0. The molecule has 0 aliphatic heterocycles. The van der Waals surface area contributed by atoms with Gasteiger partial charge in [-0.05, 0) is 0 Å². The zero-order valence-electron chi connectivity index (χ0n) is 14.0. The second kappa shape index (κ2) is 8.85. The fourth-order valence-corrected chi connectivity index (χ4v) is 2.36. The van der Waals surface area contributed by atoms with E-state index in [1.807, 2.05) is 0 Å². The number of hydrogen-bond donors (Lipinski definition) is 1. The molecule has 2 atom stereocenters. The lowest BCUT2D eigenvalue weighted by Gasteiger charge is -2.34. The Labute approximate surface area is 138 Å². The zero-order valence-corrected chi connectivity index (χ0v) is 14.0. The van der Waals surface area contributed by atoms with Crippen molar-refractivity contribution in [2.24, 2.45) is 17.3 Å². The normalized spacial score (nSPS) is 13.2. The highest BCUT2D eigenvalue weighted by atomic mass is 16.6. The van der Waals surface area contributed by atoms with Crippen LogP contribution >= 0.6 is 0 Å². The van der Waals surface area contributed by atoms with Crippen molar-refractivity contribution in [2.45, 2.75) is 13.3 Å². The molecule has 0 fully saturated rings. The number of ether oxygens (including phenoxy) is 4. The second-order valence-electron chi connectivity index (χ2n) is 4.84. The summed E-state index contributed by atoms with van der Waals surface area (Å²) in [5, 5.41) is 9.23. The molecule has 1 N–H and O–H groups in total. The maximum atomic E-state index is 12.3. The lowest BCUT2D eigenvalue weighted by molar-refractivity contribution is -0.188. The molecule has 0 amide bonds. The molecule has 0 heterocycles. The molecule has 0 aliphatic carbocycles. The highest BCUT2D eigenvalue weighted by Crippen LogP contribution is 2.41. The Bertz CT molecular complexity index is 508. The van der Waals surface area contributed by atoms with Gasteiger partial charge in [0.2, 0.25) is 0 Å². The first-order valence-corrected chi connectivity index (χ1v) is 6.68. The van der Waals surface area contributed by atoms with Gasteiger partial charge in [0, 0.05) is 0 Å². The first-order valence-electron chi connectivity index (χ1n) is 6.68. The zero-order chi connectivity index (χ0) is 19.1. The number of carbonyl (C=O) groups excluding carboxylic acids is 4. The van der Waals surface area contributed by atoms with E-state index in [4.69, 9.17) is 0 Å². The quantitative estimate of drug-likeness (QED) is 0.343. The summed E-state index contributed by atoms with van der Waals surface area (Å²) in [4.78, 5) is 59.9. The van der Waals surface area contributed by atoms with E-state index in [9.17, 15) is 29.1 Å². The predicted molar refractivity (Wildman–Crippen MR) is 75.4 cm³/mol. The molecule has 0 aliphatic rings. The maximum Gasteiger partial charge on any atom is 0.324 e. The van der Waals surface area contributed by atoms with Crippen LogP contribution in [-0.2, 0) is 42.9 Å². The summed E-state index contributed by atoms with van der Waals surface area (Å²) in [5.41, 5.74) is -2.57. The largest absolute Gasteiger partial charge is 0.481 e. The number of esters is 4. The van der Waals surface area contributed by atoms with Gasteiger partial charge in [0.1, 0.15) is 0 Å². The van der Waals surface area contributed by atoms with Crippen LogP contribution in [0.2, 0.25) is 0 Å². The standard InChI is InChI=1S/C14H20O10/c1-7(10(16)17)9(11(18)22-3)14(12(19)23-4,13(20)24-5)6-8(15)21-2/h7,9H,6H2,1-5H3,(H,16,17). The van der Waals surface area contributed by atoms with Gasteiger partial charge in [-0.2, -0.15) is 0 Å². The molecule has 24 heavy (non-hydrogen) atoms.